The van der Waals surface area contributed by atoms with Crippen LogP contribution in [0.15, 0.2) is 6.07 Å². The van der Waals surface area contributed by atoms with Gasteiger partial charge in [0.15, 0.2) is 0 Å². The molecule has 0 radical (unpaired) electrons. The first kappa shape index (κ1) is 13.6. The van der Waals surface area contributed by atoms with Gasteiger partial charge in [-0.25, -0.2) is 9.97 Å². The van der Waals surface area contributed by atoms with Gasteiger partial charge < -0.3 is 15.4 Å². The first-order valence-corrected chi connectivity index (χ1v) is 7.45. The van der Waals surface area contributed by atoms with E-state index < -0.39 is 0 Å². The molecule has 2 saturated heterocycles. The first-order valence-electron chi connectivity index (χ1n) is 7.45. The van der Waals surface area contributed by atoms with E-state index in [0.29, 0.717) is 18.2 Å². The molecular formula is C15H24N4O. The zero-order valence-corrected chi connectivity index (χ0v) is 12.7. The minimum absolute atomic E-state index is 0.0610. The Hall–Kier alpha value is -1.36. The van der Waals surface area contributed by atoms with E-state index >= 15 is 0 Å². The van der Waals surface area contributed by atoms with Crippen molar-refractivity contribution in [2.24, 2.45) is 0 Å². The molecule has 2 aliphatic rings. The second kappa shape index (κ2) is 4.88. The van der Waals surface area contributed by atoms with E-state index in [4.69, 9.17) is 4.74 Å². The summed E-state index contributed by atoms with van der Waals surface area (Å²) in [6.45, 7) is 6.39. The number of hydrogen-bond donors (Lipinski definition) is 2. The Labute approximate surface area is 120 Å². The molecule has 2 fully saturated rings. The smallest absolute Gasteiger partial charge is 0.138 e. The Kier molecular flexibility index (Phi) is 3.32. The predicted octanol–water partition coefficient (Wildman–Crippen LogP) is 2.55. The number of fused-ring (bicyclic) bond motifs is 2. The standard InChI is InChI=1S/C15H24N4O/c1-15(2,3)14-18-12(16-4)8-13(19-14)17-10-7-9-5-6-11(10)20-9/h8-11H,5-7H2,1-4H3,(H2,16,17,18,19). The summed E-state index contributed by atoms with van der Waals surface area (Å²) in [5, 5.41) is 6.66. The summed E-state index contributed by atoms with van der Waals surface area (Å²) in [4.78, 5) is 9.23. The maximum absolute atomic E-state index is 5.89. The number of nitrogens with zero attached hydrogens (tertiary/aromatic N) is 2. The van der Waals surface area contributed by atoms with Crippen molar-refractivity contribution in [1.82, 2.24) is 9.97 Å². The van der Waals surface area contributed by atoms with E-state index in [2.05, 4.69) is 41.4 Å². The summed E-state index contributed by atoms with van der Waals surface area (Å²) in [5.41, 5.74) is -0.0610. The van der Waals surface area contributed by atoms with Gasteiger partial charge in [0.1, 0.15) is 17.5 Å². The molecule has 3 unspecified atom stereocenters. The lowest BCUT2D eigenvalue weighted by molar-refractivity contribution is 0.102. The Morgan fingerprint density at radius 1 is 1.20 bits per heavy atom. The van der Waals surface area contributed by atoms with Gasteiger partial charge in [0, 0.05) is 18.5 Å². The number of hydrogen-bond acceptors (Lipinski definition) is 5. The monoisotopic (exact) mass is 276 g/mol. The molecule has 1 aromatic rings. The van der Waals surface area contributed by atoms with Crippen molar-refractivity contribution in [2.75, 3.05) is 17.7 Å². The minimum atomic E-state index is -0.0610. The van der Waals surface area contributed by atoms with Gasteiger partial charge in [-0.2, -0.15) is 0 Å². The third-order valence-electron chi connectivity index (χ3n) is 4.09. The maximum Gasteiger partial charge on any atom is 0.138 e. The molecule has 2 N–H and O–H groups in total. The summed E-state index contributed by atoms with van der Waals surface area (Å²) in [6.07, 6.45) is 4.27. The third-order valence-corrected chi connectivity index (χ3v) is 4.09. The Morgan fingerprint density at radius 3 is 2.50 bits per heavy atom. The Bertz CT molecular complexity index is 497. The number of aromatic nitrogens is 2. The van der Waals surface area contributed by atoms with Gasteiger partial charge in [-0.05, 0) is 19.3 Å². The second-order valence-electron chi connectivity index (χ2n) is 6.82. The summed E-state index contributed by atoms with van der Waals surface area (Å²) >= 11 is 0. The van der Waals surface area contributed by atoms with Crippen LogP contribution in [-0.2, 0) is 10.2 Å². The molecule has 5 heteroatoms. The van der Waals surface area contributed by atoms with Gasteiger partial charge in [0.25, 0.3) is 0 Å². The molecule has 20 heavy (non-hydrogen) atoms. The maximum atomic E-state index is 5.89. The minimum Gasteiger partial charge on any atom is -0.373 e. The van der Waals surface area contributed by atoms with Gasteiger partial charge in [0.2, 0.25) is 0 Å². The largest absolute Gasteiger partial charge is 0.373 e. The van der Waals surface area contributed by atoms with Crippen LogP contribution in [0.5, 0.6) is 0 Å². The van der Waals surface area contributed by atoms with Gasteiger partial charge in [-0.15, -0.1) is 0 Å². The van der Waals surface area contributed by atoms with Crippen molar-refractivity contribution in [2.45, 2.75) is 63.7 Å². The molecule has 0 aromatic carbocycles. The summed E-state index contributed by atoms with van der Waals surface area (Å²) in [7, 11) is 1.89. The highest BCUT2D eigenvalue weighted by Gasteiger charge is 2.40. The molecule has 3 rings (SSSR count). The first-order chi connectivity index (χ1) is 9.45. The van der Waals surface area contributed by atoms with Crippen LogP contribution in [0.3, 0.4) is 0 Å². The molecule has 2 aliphatic heterocycles. The summed E-state index contributed by atoms with van der Waals surface area (Å²) in [5.74, 6) is 2.61. The van der Waals surface area contributed by atoms with Gasteiger partial charge in [-0.3, -0.25) is 0 Å². The number of anilines is 2. The van der Waals surface area contributed by atoms with Crippen LogP contribution >= 0.6 is 0 Å². The SMILES string of the molecule is CNc1cc(NC2CC3CCC2O3)nc(C(C)(C)C)n1. The summed E-state index contributed by atoms with van der Waals surface area (Å²) < 4.78 is 5.89. The quantitative estimate of drug-likeness (QED) is 0.888. The molecule has 3 heterocycles. The van der Waals surface area contributed by atoms with Gasteiger partial charge in [0.05, 0.1) is 18.2 Å². The lowest BCUT2D eigenvalue weighted by Gasteiger charge is -2.23. The molecule has 110 valence electrons. The highest BCUT2D eigenvalue weighted by molar-refractivity contribution is 5.48. The Morgan fingerprint density at radius 2 is 1.95 bits per heavy atom. The number of nitrogens with one attached hydrogen (secondary N) is 2. The Balaban J connectivity index is 1.82. The second-order valence-corrected chi connectivity index (χ2v) is 6.82. The van der Waals surface area contributed by atoms with Crippen LogP contribution in [0.1, 0.15) is 45.9 Å². The number of rotatable bonds is 3. The van der Waals surface area contributed by atoms with E-state index in [9.17, 15) is 0 Å². The van der Waals surface area contributed by atoms with E-state index in [1.165, 1.54) is 12.8 Å². The lowest BCUT2D eigenvalue weighted by atomic mass is 9.95. The molecule has 0 spiro atoms. The number of ether oxygens (including phenoxy) is 1. The van der Waals surface area contributed by atoms with Crippen LogP contribution in [0, 0.1) is 0 Å². The predicted molar refractivity (Wildman–Crippen MR) is 80.2 cm³/mol. The van der Waals surface area contributed by atoms with Crippen molar-refractivity contribution in [3.8, 4) is 0 Å². The average Bonchev–Trinajstić information content (AvgIpc) is 2.99. The van der Waals surface area contributed by atoms with Gasteiger partial charge >= 0.3 is 0 Å². The van der Waals surface area contributed by atoms with Crippen LogP contribution in [0.25, 0.3) is 0 Å². The van der Waals surface area contributed by atoms with Crippen LogP contribution < -0.4 is 10.6 Å². The highest BCUT2D eigenvalue weighted by atomic mass is 16.5. The fourth-order valence-corrected chi connectivity index (χ4v) is 2.96. The van der Waals surface area contributed by atoms with Crippen molar-refractivity contribution in [1.29, 1.82) is 0 Å². The molecule has 2 bridgehead atoms. The molecule has 3 atom stereocenters. The van der Waals surface area contributed by atoms with E-state index in [1.807, 2.05) is 13.1 Å². The zero-order chi connectivity index (χ0) is 14.3. The topological polar surface area (TPSA) is 59.1 Å². The zero-order valence-electron chi connectivity index (χ0n) is 12.7. The van der Waals surface area contributed by atoms with E-state index in [0.717, 1.165) is 23.9 Å². The van der Waals surface area contributed by atoms with Crippen molar-refractivity contribution in [3.63, 3.8) is 0 Å². The van der Waals surface area contributed by atoms with E-state index in [1.54, 1.807) is 0 Å². The van der Waals surface area contributed by atoms with E-state index in [-0.39, 0.29) is 5.41 Å². The highest BCUT2D eigenvalue weighted by Crippen LogP contribution is 2.36. The van der Waals surface area contributed by atoms with Crippen LogP contribution in [0.4, 0.5) is 11.6 Å². The molecule has 1 aromatic heterocycles. The van der Waals surface area contributed by atoms with Crippen molar-refractivity contribution in [3.05, 3.63) is 11.9 Å². The van der Waals surface area contributed by atoms with Crippen LogP contribution in [-0.4, -0.2) is 35.3 Å². The summed E-state index contributed by atoms with van der Waals surface area (Å²) in [6, 6.07) is 2.36. The fraction of sp³-hybridized carbons (Fsp3) is 0.733. The van der Waals surface area contributed by atoms with Crippen molar-refractivity contribution < 1.29 is 4.74 Å². The third kappa shape index (κ3) is 2.59. The fourth-order valence-electron chi connectivity index (χ4n) is 2.96. The molecule has 0 saturated carbocycles. The lowest BCUT2D eigenvalue weighted by Crippen LogP contribution is -2.31. The molecular weight excluding hydrogens is 252 g/mol. The van der Waals surface area contributed by atoms with Crippen LogP contribution in [0.2, 0.25) is 0 Å². The van der Waals surface area contributed by atoms with Gasteiger partial charge in [-0.1, -0.05) is 20.8 Å². The normalized spacial score (nSPS) is 28.7. The average molecular weight is 276 g/mol. The molecule has 0 amide bonds. The van der Waals surface area contributed by atoms with Crippen molar-refractivity contribution >= 4 is 11.6 Å². The molecule has 0 aliphatic carbocycles. The molecule has 5 nitrogen and oxygen atoms in total.